The third-order valence-corrected chi connectivity index (χ3v) is 5.03. The van der Waals surface area contributed by atoms with Crippen molar-refractivity contribution in [2.24, 2.45) is 0 Å². The van der Waals surface area contributed by atoms with Crippen LogP contribution in [0.3, 0.4) is 0 Å². The van der Waals surface area contributed by atoms with E-state index in [0.717, 1.165) is 42.0 Å². The molecule has 0 unspecified atom stereocenters. The Kier molecular flexibility index (Phi) is 6.48. The van der Waals surface area contributed by atoms with Crippen LogP contribution < -0.4 is 10.6 Å². The van der Waals surface area contributed by atoms with Crippen LogP contribution in [0.5, 0.6) is 0 Å². The van der Waals surface area contributed by atoms with E-state index < -0.39 is 0 Å². The number of amides is 1. The number of carbonyl (C=O) groups excluding carboxylic acids is 1. The van der Waals surface area contributed by atoms with Gasteiger partial charge in [-0.25, -0.2) is 0 Å². The molecule has 1 aromatic rings. The summed E-state index contributed by atoms with van der Waals surface area (Å²) in [5, 5.41) is 6.99. The molecule has 0 radical (unpaired) electrons. The molecule has 2 N–H and O–H groups in total. The van der Waals surface area contributed by atoms with Crippen LogP contribution in [-0.4, -0.2) is 43.5 Å². The van der Waals surface area contributed by atoms with E-state index in [0.29, 0.717) is 12.6 Å². The van der Waals surface area contributed by atoms with Gasteiger partial charge in [-0.15, -0.1) is 0 Å². The van der Waals surface area contributed by atoms with E-state index in [1.807, 2.05) is 12.1 Å². The van der Waals surface area contributed by atoms with E-state index in [4.69, 9.17) is 11.6 Å². The summed E-state index contributed by atoms with van der Waals surface area (Å²) in [6, 6.07) is 6.52. The quantitative estimate of drug-likeness (QED) is 0.832. The number of likely N-dealkylation sites (N-methyl/N-ethyl adjacent to an activating group) is 1. The summed E-state index contributed by atoms with van der Waals surface area (Å²) in [7, 11) is 1.68. The molecule has 1 saturated heterocycles. The zero-order chi connectivity index (χ0) is 15.2. The number of piperidine rings is 1. The highest BCUT2D eigenvalue weighted by Gasteiger charge is 2.20. The zero-order valence-electron chi connectivity index (χ0n) is 12.2. The lowest BCUT2D eigenvalue weighted by Crippen LogP contribution is -2.45. The van der Waals surface area contributed by atoms with Gasteiger partial charge in [0.15, 0.2) is 0 Å². The number of nitrogens with one attached hydrogen (secondary N) is 2. The Morgan fingerprint density at radius 1 is 1.43 bits per heavy atom. The number of likely N-dealkylation sites (tertiary alicyclic amines) is 1. The molecule has 0 aromatic heterocycles. The van der Waals surface area contributed by atoms with Gasteiger partial charge in [-0.2, -0.15) is 0 Å². The van der Waals surface area contributed by atoms with Crippen molar-refractivity contribution in [1.82, 2.24) is 15.5 Å². The van der Waals surface area contributed by atoms with E-state index in [1.165, 1.54) is 5.56 Å². The first kappa shape index (κ1) is 16.7. The summed E-state index contributed by atoms with van der Waals surface area (Å²) in [6.45, 7) is 3.29. The Balaban J connectivity index is 1.73. The maximum Gasteiger partial charge on any atom is 0.233 e. The normalized spacial score (nSPS) is 16.9. The highest BCUT2D eigenvalue weighted by Crippen LogP contribution is 2.23. The SMILES string of the molecule is CNC(=O)CN1CCC(NCc2ccc(Cl)c(Br)c2)CC1. The predicted molar refractivity (Wildman–Crippen MR) is 89.5 cm³/mol. The molecule has 0 saturated carbocycles. The molecule has 1 amide bonds. The van der Waals surface area contributed by atoms with Gasteiger partial charge < -0.3 is 10.6 Å². The molecule has 1 heterocycles. The second-order valence-electron chi connectivity index (χ2n) is 5.35. The lowest BCUT2D eigenvalue weighted by Gasteiger charge is -2.31. The van der Waals surface area contributed by atoms with Gasteiger partial charge in [-0.3, -0.25) is 9.69 Å². The van der Waals surface area contributed by atoms with Crippen LogP contribution >= 0.6 is 27.5 Å². The molecule has 6 heteroatoms. The van der Waals surface area contributed by atoms with E-state index in [-0.39, 0.29) is 5.91 Å². The number of benzene rings is 1. The number of rotatable bonds is 5. The summed E-state index contributed by atoms with van der Waals surface area (Å²) in [6.07, 6.45) is 2.15. The summed E-state index contributed by atoms with van der Waals surface area (Å²) in [5.74, 6) is 0.0902. The lowest BCUT2D eigenvalue weighted by atomic mass is 10.0. The highest BCUT2D eigenvalue weighted by atomic mass is 79.9. The van der Waals surface area contributed by atoms with Crippen molar-refractivity contribution in [3.63, 3.8) is 0 Å². The molecular formula is C15H21BrClN3O. The number of hydrogen-bond acceptors (Lipinski definition) is 3. The molecule has 0 bridgehead atoms. The van der Waals surface area contributed by atoms with Gasteiger partial charge in [0.1, 0.15) is 0 Å². The van der Waals surface area contributed by atoms with E-state index in [1.54, 1.807) is 7.05 Å². The van der Waals surface area contributed by atoms with Crippen molar-refractivity contribution in [2.75, 3.05) is 26.7 Å². The third kappa shape index (κ3) is 5.25. The summed E-state index contributed by atoms with van der Waals surface area (Å²) < 4.78 is 0.934. The summed E-state index contributed by atoms with van der Waals surface area (Å²) >= 11 is 9.44. The zero-order valence-corrected chi connectivity index (χ0v) is 14.5. The minimum absolute atomic E-state index is 0.0902. The smallest absolute Gasteiger partial charge is 0.233 e. The molecule has 0 atom stereocenters. The molecule has 1 aliphatic rings. The molecule has 0 aliphatic carbocycles. The Hall–Kier alpha value is -0.620. The second-order valence-corrected chi connectivity index (χ2v) is 6.61. The average Bonchev–Trinajstić information content (AvgIpc) is 2.50. The standard InChI is InChI=1S/C15H21BrClN3O/c1-18-15(21)10-20-6-4-12(5-7-20)19-9-11-2-3-14(17)13(16)8-11/h2-3,8,12,19H,4-7,9-10H2,1H3,(H,18,21). The van der Waals surface area contributed by atoms with Crippen molar-refractivity contribution < 1.29 is 4.79 Å². The molecule has 1 aliphatic heterocycles. The molecule has 1 aromatic carbocycles. The van der Waals surface area contributed by atoms with Crippen LogP contribution in [0.2, 0.25) is 5.02 Å². The van der Waals surface area contributed by atoms with Gasteiger partial charge in [-0.05, 0) is 46.5 Å². The fourth-order valence-electron chi connectivity index (χ4n) is 2.49. The van der Waals surface area contributed by atoms with Gasteiger partial charge in [-0.1, -0.05) is 17.7 Å². The number of hydrogen-bond donors (Lipinski definition) is 2. The first-order valence-corrected chi connectivity index (χ1v) is 8.36. The van der Waals surface area contributed by atoms with Crippen LogP contribution in [-0.2, 0) is 11.3 Å². The monoisotopic (exact) mass is 373 g/mol. The fraction of sp³-hybridized carbons (Fsp3) is 0.533. The topological polar surface area (TPSA) is 44.4 Å². The minimum atomic E-state index is 0.0902. The largest absolute Gasteiger partial charge is 0.358 e. The van der Waals surface area contributed by atoms with E-state index in [9.17, 15) is 4.79 Å². The van der Waals surface area contributed by atoms with Crippen LogP contribution in [0.25, 0.3) is 0 Å². The van der Waals surface area contributed by atoms with Crippen molar-refractivity contribution in [3.8, 4) is 0 Å². The van der Waals surface area contributed by atoms with Crippen molar-refractivity contribution in [1.29, 1.82) is 0 Å². The van der Waals surface area contributed by atoms with Crippen molar-refractivity contribution >= 4 is 33.4 Å². The third-order valence-electron chi connectivity index (χ3n) is 3.81. The minimum Gasteiger partial charge on any atom is -0.358 e. The van der Waals surface area contributed by atoms with Gasteiger partial charge in [0.2, 0.25) is 5.91 Å². The van der Waals surface area contributed by atoms with Gasteiger partial charge in [0.05, 0.1) is 11.6 Å². The van der Waals surface area contributed by atoms with Gasteiger partial charge in [0.25, 0.3) is 0 Å². The van der Waals surface area contributed by atoms with Crippen LogP contribution in [0.15, 0.2) is 22.7 Å². The molecule has 21 heavy (non-hydrogen) atoms. The van der Waals surface area contributed by atoms with Crippen LogP contribution in [0, 0.1) is 0 Å². The molecule has 2 rings (SSSR count). The van der Waals surface area contributed by atoms with Gasteiger partial charge >= 0.3 is 0 Å². The molecular weight excluding hydrogens is 354 g/mol. The Morgan fingerprint density at radius 3 is 2.76 bits per heavy atom. The lowest BCUT2D eigenvalue weighted by molar-refractivity contribution is -0.122. The Labute approximate surface area is 139 Å². The molecule has 1 fully saturated rings. The molecule has 116 valence electrons. The highest BCUT2D eigenvalue weighted by molar-refractivity contribution is 9.10. The summed E-state index contributed by atoms with van der Waals surface area (Å²) in [4.78, 5) is 13.6. The van der Waals surface area contributed by atoms with E-state index >= 15 is 0 Å². The summed E-state index contributed by atoms with van der Waals surface area (Å²) in [5.41, 5.74) is 1.22. The maximum atomic E-state index is 11.3. The molecule has 4 nitrogen and oxygen atoms in total. The first-order valence-electron chi connectivity index (χ1n) is 7.18. The number of carbonyl (C=O) groups is 1. The van der Waals surface area contributed by atoms with Gasteiger partial charge in [0, 0.05) is 37.2 Å². The first-order chi connectivity index (χ1) is 10.1. The van der Waals surface area contributed by atoms with Crippen molar-refractivity contribution in [2.45, 2.75) is 25.4 Å². The van der Waals surface area contributed by atoms with Crippen LogP contribution in [0.4, 0.5) is 0 Å². The Bertz CT molecular complexity index is 490. The maximum absolute atomic E-state index is 11.3. The van der Waals surface area contributed by atoms with E-state index in [2.05, 4.69) is 37.5 Å². The predicted octanol–water partition coefficient (Wildman–Crippen LogP) is 2.40. The number of nitrogens with zero attached hydrogens (tertiary/aromatic N) is 1. The molecule has 0 spiro atoms. The number of halogens is 2. The second kappa shape index (κ2) is 8.13. The fourth-order valence-corrected chi connectivity index (χ4v) is 3.03. The average molecular weight is 375 g/mol. The Morgan fingerprint density at radius 2 is 2.14 bits per heavy atom. The van der Waals surface area contributed by atoms with Crippen LogP contribution in [0.1, 0.15) is 18.4 Å². The van der Waals surface area contributed by atoms with Crippen molar-refractivity contribution in [3.05, 3.63) is 33.3 Å².